The summed E-state index contributed by atoms with van der Waals surface area (Å²) >= 11 is 0. The number of carbonyl (C=O) groups is 1. The third kappa shape index (κ3) is 3.74. The fraction of sp³-hybridized carbons (Fsp3) is 0.526. The summed E-state index contributed by atoms with van der Waals surface area (Å²) in [4.78, 5) is 23.4. The number of aryl methyl sites for hydroxylation is 1. The van der Waals surface area contributed by atoms with E-state index in [1.54, 1.807) is 17.1 Å². The van der Waals surface area contributed by atoms with E-state index in [0.29, 0.717) is 25.4 Å². The highest BCUT2D eigenvalue weighted by Gasteiger charge is 2.38. The molecule has 6 heteroatoms. The number of nitrogens with zero attached hydrogens (tertiary/aromatic N) is 4. The molecule has 4 rings (SSSR count). The molecule has 2 fully saturated rings. The van der Waals surface area contributed by atoms with Gasteiger partial charge in [0.1, 0.15) is 5.69 Å². The molecule has 2 aliphatic rings. The first-order valence-electron chi connectivity index (χ1n) is 8.96. The molecule has 1 saturated carbocycles. The lowest BCUT2D eigenvalue weighted by molar-refractivity contribution is 0.0735. The molecular formula is C19H24N4O2. The number of imidazole rings is 1. The number of pyridine rings is 1. The van der Waals surface area contributed by atoms with E-state index in [4.69, 9.17) is 4.74 Å². The lowest BCUT2D eigenvalue weighted by Crippen LogP contribution is -2.29. The van der Waals surface area contributed by atoms with Gasteiger partial charge in [-0.25, -0.2) is 4.98 Å². The van der Waals surface area contributed by atoms with Crippen LogP contribution in [0.3, 0.4) is 0 Å². The summed E-state index contributed by atoms with van der Waals surface area (Å²) in [5, 5.41) is 0. The topological polar surface area (TPSA) is 60.2 Å². The zero-order valence-corrected chi connectivity index (χ0v) is 14.5. The molecule has 25 heavy (non-hydrogen) atoms. The van der Waals surface area contributed by atoms with Crippen LogP contribution in [0.15, 0.2) is 36.9 Å². The van der Waals surface area contributed by atoms with Gasteiger partial charge in [0.05, 0.1) is 12.9 Å². The first-order chi connectivity index (χ1) is 12.2. The third-order valence-corrected chi connectivity index (χ3v) is 5.10. The van der Waals surface area contributed by atoms with Crippen molar-refractivity contribution in [3.8, 4) is 0 Å². The van der Waals surface area contributed by atoms with Crippen LogP contribution in [0, 0.1) is 11.8 Å². The summed E-state index contributed by atoms with van der Waals surface area (Å²) in [6.07, 6.45) is 7.84. The minimum absolute atomic E-state index is 0.00813. The van der Waals surface area contributed by atoms with Crippen molar-refractivity contribution < 1.29 is 9.53 Å². The molecule has 3 heterocycles. The number of hydrogen-bond donors (Lipinski definition) is 0. The van der Waals surface area contributed by atoms with Gasteiger partial charge in [-0.1, -0.05) is 6.07 Å². The highest BCUT2D eigenvalue weighted by atomic mass is 16.5. The summed E-state index contributed by atoms with van der Waals surface area (Å²) in [6, 6.07) is 5.98. The summed E-state index contributed by atoms with van der Waals surface area (Å²) in [5.74, 6) is 1.24. The van der Waals surface area contributed by atoms with E-state index in [1.807, 2.05) is 36.3 Å². The Morgan fingerprint density at radius 1 is 1.24 bits per heavy atom. The van der Waals surface area contributed by atoms with Crippen molar-refractivity contribution in [3.05, 3.63) is 48.3 Å². The van der Waals surface area contributed by atoms with Crippen LogP contribution < -0.4 is 0 Å². The number of ether oxygens (including phenoxy) is 1. The molecule has 1 aliphatic heterocycles. The van der Waals surface area contributed by atoms with Gasteiger partial charge in [0.2, 0.25) is 0 Å². The molecule has 0 N–H and O–H groups in total. The van der Waals surface area contributed by atoms with Crippen molar-refractivity contribution in [1.29, 1.82) is 0 Å². The van der Waals surface area contributed by atoms with Crippen LogP contribution in [-0.2, 0) is 11.8 Å². The maximum Gasteiger partial charge on any atom is 0.274 e. The Balaban J connectivity index is 1.47. The number of likely N-dealkylation sites (tertiary alicyclic amines) is 1. The molecule has 0 unspecified atom stereocenters. The van der Waals surface area contributed by atoms with E-state index in [2.05, 4.69) is 9.97 Å². The van der Waals surface area contributed by atoms with E-state index in [9.17, 15) is 4.79 Å². The second-order valence-corrected chi connectivity index (χ2v) is 7.24. The van der Waals surface area contributed by atoms with E-state index < -0.39 is 0 Å². The highest BCUT2D eigenvalue weighted by Crippen LogP contribution is 2.34. The van der Waals surface area contributed by atoms with Gasteiger partial charge in [-0.2, -0.15) is 0 Å². The molecule has 2 aromatic heterocycles. The minimum atomic E-state index is -0.00813. The molecule has 0 aromatic carbocycles. The minimum Gasteiger partial charge on any atom is -0.381 e. The lowest BCUT2D eigenvalue weighted by atomic mass is 9.93. The molecule has 0 radical (unpaired) electrons. The second-order valence-electron chi connectivity index (χ2n) is 7.24. The summed E-state index contributed by atoms with van der Waals surface area (Å²) in [6.45, 7) is 2.90. The smallest absolute Gasteiger partial charge is 0.274 e. The van der Waals surface area contributed by atoms with Crippen LogP contribution >= 0.6 is 0 Å². The molecule has 0 bridgehead atoms. The van der Waals surface area contributed by atoms with Crippen molar-refractivity contribution in [2.45, 2.75) is 18.8 Å². The standard InChI is InChI=1S/C19H24N4O2/c1-22-10-18(21-13-22)19(24)23-8-15(12-25-11-14-5-6-14)16(9-23)17-4-2-3-7-20-17/h2-4,7,10,13-16H,5-6,8-9,11-12H2,1H3/t15-,16+/m0/s1. The van der Waals surface area contributed by atoms with Crippen LogP contribution in [0.25, 0.3) is 0 Å². The predicted molar refractivity (Wildman–Crippen MR) is 93.1 cm³/mol. The van der Waals surface area contributed by atoms with Gasteiger partial charge in [0.25, 0.3) is 5.91 Å². The third-order valence-electron chi connectivity index (χ3n) is 5.10. The quantitative estimate of drug-likeness (QED) is 0.808. The zero-order chi connectivity index (χ0) is 17.2. The largest absolute Gasteiger partial charge is 0.381 e. The van der Waals surface area contributed by atoms with Crippen LogP contribution in [-0.4, -0.2) is 51.6 Å². The number of hydrogen-bond acceptors (Lipinski definition) is 4. The predicted octanol–water partition coefficient (Wildman–Crippen LogP) is 2.10. The monoisotopic (exact) mass is 340 g/mol. The van der Waals surface area contributed by atoms with E-state index in [1.165, 1.54) is 12.8 Å². The molecule has 6 nitrogen and oxygen atoms in total. The summed E-state index contributed by atoms with van der Waals surface area (Å²) < 4.78 is 7.75. The van der Waals surface area contributed by atoms with Crippen LogP contribution in [0.1, 0.15) is 34.9 Å². The van der Waals surface area contributed by atoms with Gasteiger partial charge < -0.3 is 14.2 Å². The van der Waals surface area contributed by atoms with Crippen molar-refractivity contribution >= 4 is 5.91 Å². The fourth-order valence-electron chi connectivity index (χ4n) is 3.49. The van der Waals surface area contributed by atoms with E-state index in [0.717, 1.165) is 18.2 Å². The van der Waals surface area contributed by atoms with Crippen molar-refractivity contribution in [2.75, 3.05) is 26.3 Å². The molecule has 2 aromatic rings. The van der Waals surface area contributed by atoms with Crippen molar-refractivity contribution in [2.24, 2.45) is 18.9 Å². The average Bonchev–Trinajstić information content (AvgIpc) is 3.19. The molecule has 1 aliphatic carbocycles. The number of rotatable bonds is 6. The molecule has 132 valence electrons. The SMILES string of the molecule is Cn1cnc(C(=O)N2C[C@@H](COCC3CC3)[C@H](c3ccccn3)C2)c1. The zero-order valence-electron chi connectivity index (χ0n) is 14.5. The Hall–Kier alpha value is -2.21. The molecule has 0 spiro atoms. The van der Waals surface area contributed by atoms with Gasteiger partial charge in [-0.15, -0.1) is 0 Å². The van der Waals surface area contributed by atoms with Crippen LogP contribution in [0.2, 0.25) is 0 Å². The summed E-state index contributed by atoms with van der Waals surface area (Å²) in [7, 11) is 1.87. The first kappa shape index (κ1) is 16.3. The Morgan fingerprint density at radius 3 is 2.80 bits per heavy atom. The Morgan fingerprint density at radius 2 is 2.12 bits per heavy atom. The number of carbonyl (C=O) groups excluding carboxylic acids is 1. The maximum atomic E-state index is 12.8. The van der Waals surface area contributed by atoms with Gasteiger partial charge >= 0.3 is 0 Å². The van der Waals surface area contributed by atoms with E-state index >= 15 is 0 Å². The number of amides is 1. The summed E-state index contributed by atoms with van der Waals surface area (Å²) in [5.41, 5.74) is 1.54. The molecule has 1 saturated heterocycles. The Bertz CT molecular complexity index is 726. The normalized spacial score (nSPS) is 23.2. The molecule has 1 amide bonds. The van der Waals surface area contributed by atoms with Crippen molar-refractivity contribution in [1.82, 2.24) is 19.4 Å². The van der Waals surface area contributed by atoms with Gasteiger partial charge in [-0.05, 0) is 30.9 Å². The average molecular weight is 340 g/mol. The van der Waals surface area contributed by atoms with Gasteiger partial charge in [0.15, 0.2) is 0 Å². The van der Waals surface area contributed by atoms with Crippen LogP contribution in [0.4, 0.5) is 0 Å². The Kier molecular flexibility index (Phi) is 4.53. The van der Waals surface area contributed by atoms with Crippen LogP contribution in [0.5, 0.6) is 0 Å². The lowest BCUT2D eigenvalue weighted by Gasteiger charge is -2.17. The molecule has 2 atom stereocenters. The van der Waals surface area contributed by atoms with Gasteiger partial charge in [0, 0.05) is 56.7 Å². The van der Waals surface area contributed by atoms with Gasteiger partial charge in [-0.3, -0.25) is 9.78 Å². The van der Waals surface area contributed by atoms with Crippen molar-refractivity contribution in [3.63, 3.8) is 0 Å². The van der Waals surface area contributed by atoms with E-state index in [-0.39, 0.29) is 17.7 Å². The maximum absolute atomic E-state index is 12.8. The number of aromatic nitrogens is 3. The second kappa shape index (κ2) is 6.96. The Labute approximate surface area is 147 Å². The highest BCUT2D eigenvalue weighted by molar-refractivity contribution is 5.92. The fourth-order valence-corrected chi connectivity index (χ4v) is 3.49. The molecular weight excluding hydrogens is 316 g/mol. The first-order valence-corrected chi connectivity index (χ1v) is 8.96.